The van der Waals surface area contributed by atoms with Crippen molar-refractivity contribution in [3.05, 3.63) is 0 Å². The molecule has 1 fully saturated rings. The third-order valence-corrected chi connectivity index (χ3v) is 5.88. The zero-order valence-electron chi connectivity index (χ0n) is 11.7. The van der Waals surface area contributed by atoms with Gasteiger partial charge in [-0.15, -0.1) is 0 Å². The first-order valence-electron chi connectivity index (χ1n) is 6.61. The van der Waals surface area contributed by atoms with Gasteiger partial charge in [0.15, 0.2) is 9.84 Å². The molecular formula is C13H27NO2S. The number of hydrogen-bond donors (Lipinski definition) is 1. The molecule has 0 bridgehead atoms. The minimum absolute atomic E-state index is 0.0928. The Balaban J connectivity index is 2.80. The molecule has 0 spiro atoms. The molecule has 4 unspecified atom stereocenters. The Morgan fingerprint density at radius 3 is 1.94 bits per heavy atom. The summed E-state index contributed by atoms with van der Waals surface area (Å²) in [5.41, 5.74) is 0. The Morgan fingerprint density at radius 2 is 1.59 bits per heavy atom. The summed E-state index contributed by atoms with van der Waals surface area (Å²) in [6.45, 7) is 6.39. The first-order valence-corrected chi connectivity index (χ1v) is 8.57. The van der Waals surface area contributed by atoms with Crippen LogP contribution in [0.25, 0.3) is 0 Å². The van der Waals surface area contributed by atoms with E-state index in [1.807, 2.05) is 14.0 Å². The lowest BCUT2D eigenvalue weighted by Gasteiger charge is -2.38. The number of nitrogens with one attached hydrogen (secondary N) is 1. The Hall–Kier alpha value is -0.0900. The largest absolute Gasteiger partial charge is 0.315 e. The summed E-state index contributed by atoms with van der Waals surface area (Å²) in [6.07, 6.45) is 4.92. The van der Waals surface area contributed by atoms with Gasteiger partial charge in [0.25, 0.3) is 0 Å². The van der Waals surface area contributed by atoms with Crippen LogP contribution in [-0.2, 0) is 9.84 Å². The molecular weight excluding hydrogens is 234 g/mol. The summed E-state index contributed by atoms with van der Waals surface area (Å²) in [6, 6.07) is 0.0928. The first kappa shape index (κ1) is 15.0. The van der Waals surface area contributed by atoms with Gasteiger partial charge < -0.3 is 5.32 Å². The predicted molar refractivity (Wildman–Crippen MR) is 72.8 cm³/mol. The molecule has 1 saturated carbocycles. The van der Waals surface area contributed by atoms with Crippen molar-refractivity contribution in [3.63, 3.8) is 0 Å². The molecule has 1 rings (SSSR count). The van der Waals surface area contributed by atoms with Crippen LogP contribution in [0.15, 0.2) is 0 Å². The molecule has 0 aromatic carbocycles. The molecule has 102 valence electrons. The average molecular weight is 261 g/mol. The van der Waals surface area contributed by atoms with E-state index >= 15 is 0 Å². The van der Waals surface area contributed by atoms with Gasteiger partial charge in [-0.05, 0) is 51.0 Å². The summed E-state index contributed by atoms with van der Waals surface area (Å²) in [4.78, 5) is 0. The van der Waals surface area contributed by atoms with Crippen LogP contribution in [0.4, 0.5) is 0 Å². The molecule has 4 atom stereocenters. The van der Waals surface area contributed by atoms with Crippen molar-refractivity contribution < 1.29 is 8.42 Å². The Labute approximate surface area is 106 Å². The molecule has 1 N–H and O–H groups in total. The van der Waals surface area contributed by atoms with E-state index in [9.17, 15) is 8.42 Å². The third-order valence-electron chi connectivity index (χ3n) is 4.24. The molecule has 0 amide bonds. The number of rotatable bonds is 4. The zero-order chi connectivity index (χ0) is 13.2. The molecule has 0 heterocycles. The van der Waals surface area contributed by atoms with E-state index < -0.39 is 9.84 Å². The van der Waals surface area contributed by atoms with Gasteiger partial charge in [0, 0.05) is 12.3 Å². The van der Waals surface area contributed by atoms with E-state index in [0.717, 1.165) is 12.8 Å². The maximum absolute atomic E-state index is 11.7. The molecule has 3 nitrogen and oxygen atoms in total. The van der Waals surface area contributed by atoms with Crippen molar-refractivity contribution in [2.45, 2.75) is 51.3 Å². The van der Waals surface area contributed by atoms with Crippen molar-refractivity contribution in [2.75, 3.05) is 13.3 Å². The molecule has 0 radical (unpaired) electrons. The van der Waals surface area contributed by atoms with Crippen molar-refractivity contribution in [1.82, 2.24) is 5.32 Å². The normalized spacial score (nSPS) is 34.3. The summed E-state index contributed by atoms with van der Waals surface area (Å²) in [5, 5.41) is 2.94. The van der Waals surface area contributed by atoms with Crippen LogP contribution in [0.1, 0.15) is 40.0 Å². The summed E-state index contributed by atoms with van der Waals surface area (Å²) < 4.78 is 23.4. The standard InChI is InChI=1S/C13H27NO2S/c1-9-6-10(2)8-12(7-9)13(14-4)11(3)17(5,15)16/h9-14H,6-8H2,1-5H3. The minimum atomic E-state index is -2.96. The fraction of sp³-hybridized carbons (Fsp3) is 1.00. The number of hydrogen-bond acceptors (Lipinski definition) is 3. The first-order chi connectivity index (χ1) is 7.75. The van der Waals surface area contributed by atoms with Crippen LogP contribution in [0, 0.1) is 17.8 Å². The van der Waals surface area contributed by atoms with Gasteiger partial charge in [-0.3, -0.25) is 0 Å². The van der Waals surface area contributed by atoms with E-state index in [-0.39, 0.29) is 11.3 Å². The zero-order valence-corrected chi connectivity index (χ0v) is 12.5. The molecule has 1 aliphatic rings. The van der Waals surface area contributed by atoms with Crippen molar-refractivity contribution in [1.29, 1.82) is 0 Å². The van der Waals surface area contributed by atoms with Gasteiger partial charge in [0.2, 0.25) is 0 Å². The maximum atomic E-state index is 11.7. The second-order valence-corrected chi connectivity index (χ2v) is 8.43. The molecule has 0 saturated heterocycles. The van der Waals surface area contributed by atoms with E-state index in [1.165, 1.54) is 12.7 Å². The Kier molecular flexibility index (Phi) is 5.02. The van der Waals surface area contributed by atoms with Gasteiger partial charge in [-0.2, -0.15) is 0 Å². The van der Waals surface area contributed by atoms with Crippen molar-refractivity contribution in [3.8, 4) is 0 Å². The lowest BCUT2D eigenvalue weighted by molar-refractivity contribution is 0.178. The second kappa shape index (κ2) is 5.70. The van der Waals surface area contributed by atoms with Crippen LogP contribution in [0.2, 0.25) is 0 Å². The van der Waals surface area contributed by atoms with Gasteiger partial charge in [0.1, 0.15) is 0 Å². The monoisotopic (exact) mass is 261 g/mol. The molecule has 4 heteroatoms. The predicted octanol–water partition coefficient (Wildman–Crippen LogP) is 2.08. The summed E-state index contributed by atoms with van der Waals surface area (Å²) in [5.74, 6) is 1.92. The van der Waals surface area contributed by atoms with Gasteiger partial charge in [0.05, 0.1) is 5.25 Å². The highest BCUT2D eigenvalue weighted by Crippen LogP contribution is 2.36. The van der Waals surface area contributed by atoms with E-state index in [4.69, 9.17) is 0 Å². The summed E-state index contributed by atoms with van der Waals surface area (Å²) >= 11 is 0. The van der Waals surface area contributed by atoms with Crippen LogP contribution < -0.4 is 5.32 Å². The van der Waals surface area contributed by atoms with Crippen LogP contribution >= 0.6 is 0 Å². The van der Waals surface area contributed by atoms with Crippen LogP contribution in [-0.4, -0.2) is 33.0 Å². The third kappa shape index (κ3) is 3.95. The van der Waals surface area contributed by atoms with Crippen LogP contribution in [0.3, 0.4) is 0 Å². The highest BCUT2D eigenvalue weighted by atomic mass is 32.2. The van der Waals surface area contributed by atoms with Crippen LogP contribution in [0.5, 0.6) is 0 Å². The Bertz CT molecular complexity index is 329. The molecule has 0 aliphatic heterocycles. The minimum Gasteiger partial charge on any atom is -0.315 e. The van der Waals surface area contributed by atoms with Gasteiger partial charge in [-0.25, -0.2) is 8.42 Å². The molecule has 0 aromatic heterocycles. The average Bonchev–Trinajstić information content (AvgIpc) is 2.15. The highest BCUT2D eigenvalue weighted by molar-refractivity contribution is 7.91. The fourth-order valence-electron chi connectivity index (χ4n) is 3.42. The maximum Gasteiger partial charge on any atom is 0.151 e. The topological polar surface area (TPSA) is 46.2 Å². The van der Waals surface area contributed by atoms with E-state index in [1.54, 1.807) is 0 Å². The molecule has 17 heavy (non-hydrogen) atoms. The lowest BCUT2D eigenvalue weighted by Crippen LogP contribution is -2.47. The SMILES string of the molecule is CNC(C1CC(C)CC(C)C1)C(C)S(C)(=O)=O. The summed E-state index contributed by atoms with van der Waals surface area (Å²) in [7, 11) is -1.08. The van der Waals surface area contributed by atoms with Gasteiger partial charge >= 0.3 is 0 Å². The van der Waals surface area contributed by atoms with Crippen molar-refractivity contribution >= 4 is 9.84 Å². The Morgan fingerprint density at radius 1 is 1.12 bits per heavy atom. The van der Waals surface area contributed by atoms with E-state index in [0.29, 0.717) is 17.8 Å². The quantitative estimate of drug-likeness (QED) is 0.843. The van der Waals surface area contributed by atoms with Gasteiger partial charge in [-0.1, -0.05) is 13.8 Å². The smallest absolute Gasteiger partial charge is 0.151 e. The lowest BCUT2D eigenvalue weighted by atomic mass is 9.73. The molecule has 1 aliphatic carbocycles. The number of sulfone groups is 1. The highest BCUT2D eigenvalue weighted by Gasteiger charge is 2.35. The van der Waals surface area contributed by atoms with Crippen molar-refractivity contribution in [2.24, 2.45) is 17.8 Å². The fourth-order valence-corrected chi connectivity index (χ4v) is 4.31. The second-order valence-electron chi connectivity index (χ2n) is 6.03. The van der Waals surface area contributed by atoms with E-state index in [2.05, 4.69) is 19.2 Å². The molecule has 0 aromatic rings.